The molecule has 1 aromatic heterocycles. The van der Waals surface area contributed by atoms with Gasteiger partial charge in [0.25, 0.3) is 0 Å². The Labute approximate surface area is 165 Å². The van der Waals surface area contributed by atoms with Crippen molar-refractivity contribution in [3.63, 3.8) is 0 Å². The number of aryl methyl sites for hydroxylation is 1. The highest BCUT2D eigenvalue weighted by Gasteiger charge is 2.17. The molecule has 0 spiro atoms. The second kappa shape index (κ2) is 8.26. The largest absolute Gasteiger partial charge is 0.493 e. The number of ether oxygens (including phenoxy) is 2. The highest BCUT2D eigenvalue weighted by molar-refractivity contribution is 9.10. The molecule has 1 N–H and O–H groups in total. The third-order valence-electron chi connectivity index (χ3n) is 3.97. The van der Waals surface area contributed by atoms with E-state index >= 15 is 0 Å². The van der Waals surface area contributed by atoms with Gasteiger partial charge < -0.3 is 13.9 Å². The van der Waals surface area contributed by atoms with Crippen molar-refractivity contribution in [2.24, 2.45) is 5.10 Å². The van der Waals surface area contributed by atoms with Crippen LogP contribution in [0.2, 0.25) is 0 Å². The average Bonchev–Trinajstić information content (AvgIpc) is 3.01. The molecule has 0 aliphatic rings. The van der Waals surface area contributed by atoms with Crippen LogP contribution < -0.4 is 14.9 Å². The second-order valence-corrected chi connectivity index (χ2v) is 6.57. The van der Waals surface area contributed by atoms with Gasteiger partial charge in [-0.1, -0.05) is 18.2 Å². The van der Waals surface area contributed by atoms with E-state index in [1.165, 1.54) is 6.21 Å². The minimum absolute atomic E-state index is 0.249. The van der Waals surface area contributed by atoms with Crippen molar-refractivity contribution in [2.75, 3.05) is 13.7 Å². The number of carbonyl (C=O) groups excluding carboxylic acids is 1. The molecule has 7 heteroatoms. The fourth-order valence-corrected chi connectivity index (χ4v) is 3.28. The number of fused-ring (bicyclic) bond motifs is 1. The van der Waals surface area contributed by atoms with Crippen LogP contribution in [0, 0.1) is 6.92 Å². The number of para-hydroxylation sites is 1. The van der Waals surface area contributed by atoms with Gasteiger partial charge in [0.2, 0.25) is 0 Å². The van der Waals surface area contributed by atoms with Gasteiger partial charge in [0.15, 0.2) is 17.3 Å². The number of benzene rings is 2. The number of hydrogen-bond acceptors (Lipinski definition) is 5. The number of hydrazone groups is 1. The van der Waals surface area contributed by atoms with Crippen LogP contribution in [0.3, 0.4) is 0 Å². The smallest absolute Gasteiger partial charge is 0.307 e. The summed E-state index contributed by atoms with van der Waals surface area (Å²) in [5, 5.41) is 4.93. The van der Waals surface area contributed by atoms with Gasteiger partial charge in [0, 0.05) is 10.9 Å². The topological polar surface area (TPSA) is 73.1 Å². The maximum absolute atomic E-state index is 12.4. The standard InChI is InChI=1S/C20H19BrN2O4/c1-4-26-19-15(21)9-13(10-17(19)25-3)11-22-23-20(24)18-12(2)14-7-5-6-8-16(14)27-18/h5-11H,4H2,1-3H3,(H,23,24)/b22-11-. The summed E-state index contributed by atoms with van der Waals surface area (Å²) in [6.07, 6.45) is 1.53. The van der Waals surface area contributed by atoms with Crippen LogP contribution in [-0.2, 0) is 0 Å². The molecule has 2 aromatic carbocycles. The molecular weight excluding hydrogens is 412 g/mol. The van der Waals surface area contributed by atoms with E-state index in [0.29, 0.717) is 23.7 Å². The summed E-state index contributed by atoms with van der Waals surface area (Å²) in [7, 11) is 1.57. The summed E-state index contributed by atoms with van der Waals surface area (Å²) in [5.74, 6) is 1.04. The van der Waals surface area contributed by atoms with Gasteiger partial charge in [-0.05, 0) is 53.5 Å². The lowest BCUT2D eigenvalue weighted by atomic mass is 10.1. The zero-order valence-corrected chi connectivity index (χ0v) is 16.8. The Balaban J connectivity index is 1.77. The monoisotopic (exact) mass is 430 g/mol. The van der Waals surface area contributed by atoms with Gasteiger partial charge in [0.1, 0.15) is 5.58 Å². The van der Waals surface area contributed by atoms with E-state index in [-0.39, 0.29) is 5.76 Å². The fraction of sp³-hybridized carbons (Fsp3) is 0.200. The molecule has 3 aromatic rings. The van der Waals surface area contributed by atoms with Crippen LogP contribution in [0.25, 0.3) is 11.0 Å². The van der Waals surface area contributed by atoms with E-state index in [0.717, 1.165) is 21.0 Å². The molecule has 0 saturated carbocycles. The molecule has 1 heterocycles. The predicted octanol–water partition coefficient (Wildman–Crippen LogP) is 4.67. The van der Waals surface area contributed by atoms with Gasteiger partial charge in [-0.2, -0.15) is 5.10 Å². The Morgan fingerprint density at radius 1 is 1.33 bits per heavy atom. The lowest BCUT2D eigenvalue weighted by molar-refractivity contribution is 0.0929. The third kappa shape index (κ3) is 3.98. The fourth-order valence-electron chi connectivity index (χ4n) is 2.71. The molecule has 6 nitrogen and oxygen atoms in total. The molecule has 3 rings (SSSR count). The Bertz CT molecular complexity index is 1010. The van der Waals surface area contributed by atoms with Crippen LogP contribution in [0.4, 0.5) is 0 Å². The van der Waals surface area contributed by atoms with Crippen molar-refractivity contribution in [1.29, 1.82) is 0 Å². The molecule has 140 valence electrons. The summed E-state index contributed by atoms with van der Waals surface area (Å²) >= 11 is 3.46. The molecule has 0 radical (unpaired) electrons. The van der Waals surface area contributed by atoms with Crippen molar-refractivity contribution in [2.45, 2.75) is 13.8 Å². The predicted molar refractivity (Wildman–Crippen MR) is 108 cm³/mol. The first-order chi connectivity index (χ1) is 13.0. The molecule has 0 bridgehead atoms. The van der Waals surface area contributed by atoms with Crippen LogP contribution in [0.15, 0.2) is 50.4 Å². The van der Waals surface area contributed by atoms with Gasteiger partial charge >= 0.3 is 5.91 Å². The first-order valence-corrected chi connectivity index (χ1v) is 9.16. The van der Waals surface area contributed by atoms with Crippen LogP contribution in [0.5, 0.6) is 11.5 Å². The first-order valence-electron chi connectivity index (χ1n) is 8.37. The van der Waals surface area contributed by atoms with Gasteiger partial charge in [-0.15, -0.1) is 0 Å². The summed E-state index contributed by atoms with van der Waals surface area (Å²) in [5.41, 5.74) is 4.69. The SMILES string of the molecule is CCOc1c(Br)cc(/C=N\NC(=O)c2oc3ccccc3c2C)cc1OC. The van der Waals surface area contributed by atoms with Gasteiger partial charge in [-0.25, -0.2) is 5.43 Å². The normalized spacial score (nSPS) is 11.1. The van der Waals surface area contributed by atoms with Crippen LogP contribution >= 0.6 is 15.9 Å². The van der Waals surface area contributed by atoms with E-state index in [4.69, 9.17) is 13.9 Å². The molecule has 1 amide bonds. The van der Waals surface area contributed by atoms with Crippen molar-refractivity contribution >= 4 is 39.0 Å². The Morgan fingerprint density at radius 2 is 2.11 bits per heavy atom. The molecule has 27 heavy (non-hydrogen) atoms. The number of hydrogen-bond donors (Lipinski definition) is 1. The van der Waals surface area contributed by atoms with Crippen LogP contribution in [0.1, 0.15) is 28.6 Å². The lowest BCUT2D eigenvalue weighted by Gasteiger charge is -2.11. The number of methoxy groups -OCH3 is 1. The van der Waals surface area contributed by atoms with Gasteiger partial charge in [0.05, 0.1) is 24.4 Å². The summed E-state index contributed by atoms with van der Waals surface area (Å²) in [6, 6.07) is 11.1. The Kier molecular flexibility index (Phi) is 5.81. The molecule has 0 aliphatic carbocycles. The molecule has 0 aliphatic heterocycles. The number of rotatable bonds is 6. The van der Waals surface area contributed by atoms with Crippen LogP contribution in [-0.4, -0.2) is 25.8 Å². The van der Waals surface area contributed by atoms with E-state index in [1.807, 2.05) is 44.2 Å². The molecule has 0 saturated heterocycles. The highest BCUT2D eigenvalue weighted by Crippen LogP contribution is 2.36. The highest BCUT2D eigenvalue weighted by atomic mass is 79.9. The summed E-state index contributed by atoms with van der Waals surface area (Å²) in [6.45, 7) is 4.27. The van der Waals surface area contributed by atoms with E-state index < -0.39 is 5.91 Å². The van der Waals surface area contributed by atoms with E-state index in [9.17, 15) is 4.79 Å². The third-order valence-corrected chi connectivity index (χ3v) is 4.56. The minimum atomic E-state index is -0.406. The number of carbonyl (C=O) groups is 1. The maximum atomic E-state index is 12.4. The van der Waals surface area contributed by atoms with Crippen molar-refractivity contribution in [3.05, 3.63) is 57.8 Å². The zero-order valence-electron chi connectivity index (χ0n) is 15.2. The number of nitrogens with zero attached hydrogens (tertiary/aromatic N) is 1. The lowest BCUT2D eigenvalue weighted by Crippen LogP contribution is -2.17. The van der Waals surface area contributed by atoms with Gasteiger partial charge in [-0.3, -0.25) is 4.79 Å². The maximum Gasteiger partial charge on any atom is 0.307 e. The summed E-state index contributed by atoms with van der Waals surface area (Å²) < 4.78 is 17.3. The summed E-state index contributed by atoms with van der Waals surface area (Å²) in [4.78, 5) is 12.4. The number of halogens is 1. The number of nitrogens with one attached hydrogen (secondary N) is 1. The second-order valence-electron chi connectivity index (χ2n) is 5.72. The Morgan fingerprint density at radius 3 is 2.81 bits per heavy atom. The molecule has 0 unspecified atom stereocenters. The van der Waals surface area contributed by atoms with Crippen molar-refractivity contribution < 1.29 is 18.7 Å². The minimum Gasteiger partial charge on any atom is -0.493 e. The van der Waals surface area contributed by atoms with Crippen molar-refractivity contribution in [3.8, 4) is 11.5 Å². The average molecular weight is 431 g/mol. The quantitative estimate of drug-likeness (QED) is 0.455. The van der Waals surface area contributed by atoms with E-state index in [2.05, 4.69) is 26.5 Å². The zero-order chi connectivity index (χ0) is 19.4. The first kappa shape index (κ1) is 19.0. The molecule has 0 fully saturated rings. The number of furan rings is 1. The van der Waals surface area contributed by atoms with Crippen molar-refractivity contribution in [1.82, 2.24) is 5.43 Å². The molecule has 0 atom stereocenters. The molecular formula is C20H19BrN2O4. The number of amides is 1. The van der Waals surface area contributed by atoms with E-state index in [1.54, 1.807) is 13.2 Å². The Hall–Kier alpha value is -2.80.